The molecular weight excluding hydrogens is 384 g/mol. The van der Waals surface area contributed by atoms with Crippen LogP contribution in [0.2, 0.25) is 0 Å². The van der Waals surface area contributed by atoms with Gasteiger partial charge in [0.15, 0.2) is 0 Å². The van der Waals surface area contributed by atoms with Crippen LogP contribution in [0.4, 0.5) is 11.4 Å². The summed E-state index contributed by atoms with van der Waals surface area (Å²) in [4.78, 5) is 63.5. The van der Waals surface area contributed by atoms with Crippen LogP contribution >= 0.6 is 0 Å². The Morgan fingerprint density at radius 1 is 0.600 bits per heavy atom. The molecule has 4 amide bonds. The van der Waals surface area contributed by atoms with Crippen LogP contribution in [0.1, 0.15) is 0 Å². The normalized spacial score (nSPS) is 34.0. The van der Waals surface area contributed by atoms with Crippen molar-refractivity contribution >= 4 is 35.0 Å². The highest BCUT2D eigenvalue weighted by molar-refractivity contribution is 6.26. The molecule has 2 unspecified atom stereocenters. The van der Waals surface area contributed by atoms with Gasteiger partial charge >= 0.3 is 0 Å². The van der Waals surface area contributed by atoms with Gasteiger partial charge in [-0.1, -0.05) is 12.2 Å². The molecule has 0 radical (unpaired) electrons. The average Bonchev–Trinajstić information content (AvgIpc) is 3.22. The zero-order valence-electron chi connectivity index (χ0n) is 15.7. The number of carbonyl (C=O) groups excluding carboxylic acids is 4. The van der Waals surface area contributed by atoms with E-state index in [0.717, 1.165) is 0 Å². The lowest BCUT2D eigenvalue weighted by atomic mass is 9.54. The molecule has 2 bridgehead atoms. The van der Waals surface area contributed by atoms with Crippen molar-refractivity contribution in [2.75, 3.05) is 9.80 Å². The van der Waals surface area contributed by atoms with Gasteiger partial charge in [-0.05, 0) is 24.3 Å². The summed E-state index contributed by atoms with van der Waals surface area (Å²) >= 11 is 0. The molecular formula is C22H16N4O4. The Bertz CT molecular complexity index is 999. The Morgan fingerprint density at radius 3 is 1.27 bits per heavy atom. The Morgan fingerprint density at radius 2 is 0.967 bits per heavy atom. The number of aromatic nitrogens is 2. The fourth-order valence-electron chi connectivity index (χ4n) is 5.71. The summed E-state index contributed by atoms with van der Waals surface area (Å²) in [7, 11) is 0. The fourth-order valence-corrected chi connectivity index (χ4v) is 5.71. The molecule has 0 N–H and O–H groups in total. The van der Waals surface area contributed by atoms with E-state index in [-0.39, 0.29) is 23.6 Å². The molecule has 3 fully saturated rings. The van der Waals surface area contributed by atoms with Gasteiger partial charge in [-0.15, -0.1) is 0 Å². The Hall–Kier alpha value is -3.68. The van der Waals surface area contributed by atoms with Crippen LogP contribution in [-0.4, -0.2) is 33.6 Å². The van der Waals surface area contributed by atoms with Crippen LogP contribution in [0.25, 0.3) is 0 Å². The monoisotopic (exact) mass is 400 g/mol. The van der Waals surface area contributed by atoms with Gasteiger partial charge in [-0.3, -0.25) is 29.1 Å². The van der Waals surface area contributed by atoms with E-state index < -0.39 is 35.5 Å². The number of rotatable bonds is 2. The third kappa shape index (κ3) is 2.00. The number of imide groups is 2. The molecule has 148 valence electrons. The van der Waals surface area contributed by atoms with Crippen molar-refractivity contribution in [1.82, 2.24) is 9.97 Å². The van der Waals surface area contributed by atoms with Crippen LogP contribution in [0.3, 0.4) is 0 Å². The first-order valence-electron chi connectivity index (χ1n) is 9.83. The summed E-state index contributed by atoms with van der Waals surface area (Å²) in [6.07, 6.45) is 9.79. The molecule has 1 saturated carbocycles. The highest BCUT2D eigenvalue weighted by atomic mass is 16.2. The predicted octanol–water partition coefficient (Wildman–Crippen LogP) is 1.20. The molecule has 2 saturated heterocycles. The molecule has 8 heteroatoms. The van der Waals surface area contributed by atoms with Crippen LogP contribution in [0, 0.1) is 35.5 Å². The van der Waals surface area contributed by atoms with E-state index >= 15 is 0 Å². The van der Waals surface area contributed by atoms with Crippen molar-refractivity contribution < 1.29 is 19.2 Å². The number of allylic oxidation sites excluding steroid dienone is 2. The number of hydrogen-bond donors (Lipinski definition) is 0. The number of carbonyl (C=O) groups is 4. The summed E-state index contributed by atoms with van der Waals surface area (Å²) in [5.74, 6) is -4.82. The third-order valence-corrected chi connectivity index (χ3v) is 6.82. The molecule has 30 heavy (non-hydrogen) atoms. The molecule has 7 rings (SSSR count). The quantitative estimate of drug-likeness (QED) is 0.555. The molecule has 4 heterocycles. The smallest absolute Gasteiger partial charge is 0.238 e. The molecule has 3 aliphatic carbocycles. The SMILES string of the molecule is O=C1[C@@H]2C3C=CC([C@H]4C(=O)N(c5cccnc5)C(=O)[C@@H]34)[C@@H]2C(=O)N1c1cccnc1. The van der Waals surface area contributed by atoms with E-state index in [2.05, 4.69) is 9.97 Å². The zero-order chi connectivity index (χ0) is 20.6. The van der Waals surface area contributed by atoms with Crippen molar-refractivity contribution in [3.8, 4) is 0 Å². The van der Waals surface area contributed by atoms with Crippen molar-refractivity contribution in [1.29, 1.82) is 0 Å². The average molecular weight is 400 g/mol. The first-order chi connectivity index (χ1) is 14.6. The number of hydrogen-bond acceptors (Lipinski definition) is 6. The molecule has 2 aromatic heterocycles. The summed E-state index contributed by atoms with van der Waals surface area (Å²) < 4.78 is 0. The number of anilines is 2. The van der Waals surface area contributed by atoms with Crippen molar-refractivity contribution in [3.05, 3.63) is 61.2 Å². The van der Waals surface area contributed by atoms with Gasteiger partial charge < -0.3 is 0 Å². The highest BCUT2D eigenvalue weighted by Gasteiger charge is 2.68. The first kappa shape index (κ1) is 17.2. The van der Waals surface area contributed by atoms with Gasteiger partial charge in [0.05, 0.1) is 47.4 Å². The van der Waals surface area contributed by atoms with Gasteiger partial charge in [0.25, 0.3) is 0 Å². The standard InChI is InChI=1S/C22H16N4O4/c27-19-15-13-5-6-14(16(15)20(28)25(19)11-3-1-7-23-9-11)18-17(13)21(29)26(22(18)30)12-4-2-8-24-10-12/h1-10,13-18H/t13?,14?,15-,16+,17+,18-. The van der Waals surface area contributed by atoms with Crippen molar-refractivity contribution in [2.45, 2.75) is 0 Å². The van der Waals surface area contributed by atoms with E-state index in [9.17, 15) is 19.2 Å². The van der Waals surface area contributed by atoms with E-state index in [0.29, 0.717) is 11.4 Å². The van der Waals surface area contributed by atoms with Gasteiger partial charge in [-0.2, -0.15) is 0 Å². The van der Waals surface area contributed by atoms with Crippen molar-refractivity contribution in [2.24, 2.45) is 35.5 Å². The van der Waals surface area contributed by atoms with Crippen LogP contribution in [0.15, 0.2) is 61.2 Å². The predicted molar refractivity (Wildman–Crippen MR) is 104 cm³/mol. The minimum absolute atomic E-state index is 0.323. The summed E-state index contributed by atoms with van der Waals surface area (Å²) in [6, 6.07) is 6.66. The second kappa shape index (κ2) is 5.91. The maximum atomic E-state index is 13.3. The lowest BCUT2D eigenvalue weighted by Crippen LogP contribution is -2.50. The molecule has 0 spiro atoms. The molecule has 2 aliphatic heterocycles. The molecule has 8 nitrogen and oxygen atoms in total. The number of amides is 4. The molecule has 5 aliphatic rings. The lowest BCUT2D eigenvalue weighted by Gasteiger charge is -2.44. The third-order valence-electron chi connectivity index (χ3n) is 6.82. The molecule has 2 aromatic rings. The van der Waals surface area contributed by atoms with Gasteiger partial charge in [-0.25, -0.2) is 9.80 Å². The lowest BCUT2D eigenvalue weighted by molar-refractivity contribution is -0.137. The molecule has 0 aromatic carbocycles. The summed E-state index contributed by atoms with van der Waals surface area (Å²) in [6.45, 7) is 0. The highest BCUT2D eigenvalue weighted by Crippen LogP contribution is 2.58. The summed E-state index contributed by atoms with van der Waals surface area (Å²) in [5.41, 5.74) is 0.835. The Labute approximate surface area is 171 Å². The minimum atomic E-state index is -0.639. The Balaban J connectivity index is 1.42. The topological polar surface area (TPSA) is 101 Å². The second-order valence-corrected chi connectivity index (χ2v) is 8.09. The minimum Gasteiger partial charge on any atom is -0.274 e. The first-order valence-corrected chi connectivity index (χ1v) is 9.83. The fraction of sp³-hybridized carbons (Fsp3) is 0.273. The molecule has 6 atom stereocenters. The number of nitrogens with zero attached hydrogens (tertiary/aromatic N) is 4. The maximum absolute atomic E-state index is 13.3. The Kier molecular flexibility index (Phi) is 3.39. The van der Waals surface area contributed by atoms with E-state index in [4.69, 9.17) is 0 Å². The van der Waals surface area contributed by atoms with E-state index in [1.165, 1.54) is 22.2 Å². The van der Waals surface area contributed by atoms with Crippen LogP contribution in [0.5, 0.6) is 0 Å². The van der Waals surface area contributed by atoms with E-state index in [1.807, 2.05) is 12.2 Å². The van der Waals surface area contributed by atoms with Gasteiger partial charge in [0, 0.05) is 24.2 Å². The maximum Gasteiger partial charge on any atom is 0.238 e. The van der Waals surface area contributed by atoms with Crippen molar-refractivity contribution in [3.63, 3.8) is 0 Å². The van der Waals surface area contributed by atoms with E-state index in [1.54, 1.807) is 36.7 Å². The van der Waals surface area contributed by atoms with Gasteiger partial charge in [0.2, 0.25) is 23.6 Å². The zero-order valence-corrected chi connectivity index (χ0v) is 15.7. The van der Waals surface area contributed by atoms with Gasteiger partial charge in [0.1, 0.15) is 0 Å². The summed E-state index contributed by atoms with van der Waals surface area (Å²) in [5, 5.41) is 0. The second-order valence-electron chi connectivity index (χ2n) is 8.09. The van der Waals surface area contributed by atoms with Crippen LogP contribution in [-0.2, 0) is 19.2 Å². The number of pyridine rings is 2. The largest absolute Gasteiger partial charge is 0.274 e. The van der Waals surface area contributed by atoms with Crippen LogP contribution < -0.4 is 9.80 Å².